The van der Waals surface area contributed by atoms with E-state index in [1.54, 1.807) is 6.33 Å². The highest BCUT2D eigenvalue weighted by molar-refractivity contribution is 5.76. The number of fused-ring (bicyclic) bond motifs is 1. The maximum atomic E-state index is 5.88. The van der Waals surface area contributed by atoms with Gasteiger partial charge in [0.25, 0.3) is 0 Å². The third kappa shape index (κ3) is 1.69. The van der Waals surface area contributed by atoms with Crippen molar-refractivity contribution in [2.45, 2.75) is 0 Å². The van der Waals surface area contributed by atoms with Crippen LogP contribution in [-0.4, -0.2) is 9.66 Å². The number of para-hydroxylation sites is 4. The van der Waals surface area contributed by atoms with E-state index < -0.39 is 0 Å². The number of rotatable bonds is 2. The van der Waals surface area contributed by atoms with Gasteiger partial charge < -0.3 is 5.73 Å². The van der Waals surface area contributed by atoms with Gasteiger partial charge in [-0.25, -0.2) is 9.66 Å². The van der Waals surface area contributed by atoms with Crippen LogP contribution in [0.25, 0.3) is 11.0 Å². The Balaban J connectivity index is 2.03. The van der Waals surface area contributed by atoms with Gasteiger partial charge >= 0.3 is 0 Å². The number of nitrogens with zero attached hydrogens (tertiary/aromatic N) is 2. The molecule has 0 aliphatic heterocycles. The molecule has 3 aromatic rings. The van der Waals surface area contributed by atoms with Crippen LogP contribution in [-0.2, 0) is 0 Å². The van der Waals surface area contributed by atoms with Crippen LogP contribution < -0.4 is 11.2 Å². The molecule has 0 amide bonds. The minimum absolute atomic E-state index is 0.713. The van der Waals surface area contributed by atoms with Crippen LogP contribution in [0, 0.1) is 0 Å². The van der Waals surface area contributed by atoms with E-state index in [0.29, 0.717) is 5.69 Å². The van der Waals surface area contributed by atoms with Crippen LogP contribution in [0.1, 0.15) is 0 Å². The summed E-state index contributed by atoms with van der Waals surface area (Å²) in [7, 11) is 0. The molecule has 0 atom stereocenters. The highest BCUT2D eigenvalue weighted by atomic mass is 15.4. The first-order chi connectivity index (χ1) is 8.34. The van der Waals surface area contributed by atoms with Crippen molar-refractivity contribution in [2.24, 2.45) is 0 Å². The third-order valence-corrected chi connectivity index (χ3v) is 2.66. The van der Waals surface area contributed by atoms with Gasteiger partial charge in [0.05, 0.1) is 22.4 Å². The first-order valence-corrected chi connectivity index (χ1v) is 5.38. The lowest BCUT2D eigenvalue weighted by atomic mass is 10.3. The summed E-state index contributed by atoms with van der Waals surface area (Å²) in [4.78, 5) is 4.30. The number of imidazole rings is 1. The fraction of sp³-hybridized carbons (Fsp3) is 0. The van der Waals surface area contributed by atoms with E-state index in [9.17, 15) is 0 Å². The maximum absolute atomic E-state index is 5.88. The maximum Gasteiger partial charge on any atom is 0.116 e. The van der Waals surface area contributed by atoms with E-state index in [0.717, 1.165) is 16.7 Å². The first kappa shape index (κ1) is 9.72. The fourth-order valence-corrected chi connectivity index (χ4v) is 1.78. The van der Waals surface area contributed by atoms with E-state index in [2.05, 4.69) is 10.4 Å². The van der Waals surface area contributed by atoms with Gasteiger partial charge in [0.15, 0.2) is 0 Å². The van der Waals surface area contributed by atoms with Gasteiger partial charge in [-0.2, -0.15) is 0 Å². The molecule has 84 valence electrons. The Morgan fingerprint density at radius 3 is 2.65 bits per heavy atom. The number of nitrogens with two attached hydrogens (primary N) is 1. The van der Waals surface area contributed by atoms with Crippen LogP contribution in [0.2, 0.25) is 0 Å². The molecule has 2 aromatic carbocycles. The van der Waals surface area contributed by atoms with Crippen molar-refractivity contribution in [3.63, 3.8) is 0 Å². The molecule has 1 aromatic heterocycles. The van der Waals surface area contributed by atoms with Gasteiger partial charge in [-0.05, 0) is 24.3 Å². The van der Waals surface area contributed by atoms with Crippen molar-refractivity contribution in [3.8, 4) is 0 Å². The number of nitrogen functional groups attached to an aromatic ring is 1. The van der Waals surface area contributed by atoms with E-state index in [1.165, 1.54) is 0 Å². The summed E-state index contributed by atoms with van der Waals surface area (Å²) in [6, 6.07) is 15.6. The van der Waals surface area contributed by atoms with Gasteiger partial charge in [-0.1, -0.05) is 24.3 Å². The zero-order valence-electron chi connectivity index (χ0n) is 9.17. The number of aromatic nitrogens is 2. The monoisotopic (exact) mass is 224 g/mol. The minimum atomic E-state index is 0.713. The van der Waals surface area contributed by atoms with E-state index in [1.807, 2.05) is 53.2 Å². The summed E-state index contributed by atoms with van der Waals surface area (Å²) in [5, 5.41) is 0. The second-order valence-corrected chi connectivity index (χ2v) is 3.80. The molecule has 0 saturated heterocycles. The van der Waals surface area contributed by atoms with Crippen LogP contribution >= 0.6 is 0 Å². The quantitative estimate of drug-likeness (QED) is 0.657. The fourth-order valence-electron chi connectivity index (χ4n) is 1.78. The topological polar surface area (TPSA) is 55.9 Å². The largest absolute Gasteiger partial charge is 0.397 e. The van der Waals surface area contributed by atoms with Gasteiger partial charge in [-0.15, -0.1) is 0 Å². The van der Waals surface area contributed by atoms with Crippen LogP contribution in [0.3, 0.4) is 0 Å². The summed E-state index contributed by atoms with van der Waals surface area (Å²) in [6.45, 7) is 0. The molecule has 0 saturated carbocycles. The smallest absolute Gasteiger partial charge is 0.116 e. The lowest BCUT2D eigenvalue weighted by Crippen LogP contribution is -2.08. The van der Waals surface area contributed by atoms with Gasteiger partial charge in [0, 0.05) is 0 Å². The van der Waals surface area contributed by atoms with Gasteiger partial charge in [0.2, 0.25) is 0 Å². The Kier molecular flexibility index (Phi) is 2.19. The van der Waals surface area contributed by atoms with E-state index in [-0.39, 0.29) is 0 Å². The molecule has 0 aliphatic carbocycles. The molecule has 1 heterocycles. The van der Waals surface area contributed by atoms with Crippen LogP contribution in [0.15, 0.2) is 54.9 Å². The molecular formula is C13H12N4. The average Bonchev–Trinajstić information content (AvgIpc) is 2.76. The minimum Gasteiger partial charge on any atom is -0.397 e. The predicted octanol–water partition coefficient (Wildman–Crippen LogP) is 2.49. The molecule has 0 spiro atoms. The Bertz CT molecular complexity index is 657. The molecule has 0 unspecified atom stereocenters. The van der Waals surface area contributed by atoms with Crippen molar-refractivity contribution in [2.75, 3.05) is 11.2 Å². The van der Waals surface area contributed by atoms with E-state index in [4.69, 9.17) is 5.73 Å². The summed E-state index contributed by atoms with van der Waals surface area (Å²) in [5.41, 5.74) is 12.7. The standard InChI is InChI=1S/C13H12N4/c14-10-5-1-2-6-11(10)16-17-9-15-12-7-3-4-8-13(12)17/h1-9,16H,14H2. The van der Waals surface area contributed by atoms with Crippen LogP contribution in [0.5, 0.6) is 0 Å². The average molecular weight is 224 g/mol. The van der Waals surface area contributed by atoms with E-state index >= 15 is 0 Å². The molecule has 4 heteroatoms. The third-order valence-electron chi connectivity index (χ3n) is 2.66. The lowest BCUT2D eigenvalue weighted by Gasteiger charge is -2.10. The zero-order valence-corrected chi connectivity index (χ0v) is 9.17. The van der Waals surface area contributed by atoms with Crippen molar-refractivity contribution in [1.82, 2.24) is 9.66 Å². The molecule has 3 rings (SSSR count). The van der Waals surface area contributed by atoms with Crippen molar-refractivity contribution < 1.29 is 0 Å². The van der Waals surface area contributed by atoms with Crippen molar-refractivity contribution >= 4 is 22.4 Å². The summed E-state index contributed by atoms with van der Waals surface area (Å²) in [6.07, 6.45) is 1.75. The van der Waals surface area contributed by atoms with Crippen molar-refractivity contribution in [1.29, 1.82) is 0 Å². The Morgan fingerprint density at radius 2 is 1.76 bits per heavy atom. The summed E-state index contributed by atoms with van der Waals surface area (Å²) in [5.74, 6) is 0. The second kappa shape index (κ2) is 3.83. The number of anilines is 2. The molecule has 0 aliphatic rings. The molecule has 3 N–H and O–H groups in total. The van der Waals surface area contributed by atoms with Crippen LogP contribution in [0.4, 0.5) is 11.4 Å². The number of hydrogen-bond donors (Lipinski definition) is 2. The first-order valence-electron chi connectivity index (χ1n) is 5.38. The van der Waals surface area contributed by atoms with Gasteiger partial charge in [-0.3, -0.25) is 5.43 Å². The molecule has 4 nitrogen and oxygen atoms in total. The number of benzene rings is 2. The zero-order chi connectivity index (χ0) is 11.7. The highest BCUT2D eigenvalue weighted by Crippen LogP contribution is 2.19. The van der Waals surface area contributed by atoms with Gasteiger partial charge in [0.1, 0.15) is 6.33 Å². The number of nitrogens with one attached hydrogen (secondary N) is 1. The SMILES string of the molecule is Nc1ccccc1Nn1cnc2ccccc21. The Hall–Kier alpha value is -2.49. The molecule has 0 radical (unpaired) electrons. The molecule has 0 fully saturated rings. The summed E-state index contributed by atoms with van der Waals surface area (Å²) >= 11 is 0. The number of hydrogen-bond acceptors (Lipinski definition) is 3. The molecular weight excluding hydrogens is 212 g/mol. The summed E-state index contributed by atoms with van der Waals surface area (Å²) < 4.78 is 1.86. The second-order valence-electron chi connectivity index (χ2n) is 3.80. The lowest BCUT2D eigenvalue weighted by molar-refractivity contribution is 0.990. The predicted molar refractivity (Wildman–Crippen MR) is 69.6 cm³/mol. The van der Waals surface area contributed by atoms with Crippen molar-refractivity contribution in [3.05, 3.63) is 54.9 Å². The molecule has 17 heavy (non-hydrogen) atoms. The normalized spacial score (nSPS) is 10.6. The Labute approximate surface area is 98.7 Å². The molecule has 0 bridgehead atoms. The highest BCUT2D eigenvalue weighted by Gasteiger charge is 2.02. The Morgan fingerprint density at radius 1 is 1.00 bits per heavy atom.